The molecule has 2 bridgehead atoms. The minimum absolute atomic E-state index is 0.0231. The fraction of sp³-hybridized carbons (Fsp3) is 0.739. The summed E-state index contributed by atoms with van der Waals surface area (Å²) in [6.45, 7) is 8.78. The molecule has 1 heterocycles. The van der Waals surface area contributed by atoms with Gasteiger partial charge in [-0.3, -0.25) is 0 Å². The highest BCUT2D eigenvalue weighted by Crippen LogP contribution is 2.86. The van der Waals surface area contributed by atoms with E-state index in [-0.39, 0.29) is 23.6 Å². The third-order valence-corrected chi connectivity index (χ3v) is 8.70. The SMILES string of the molecule is CC1(C)OB(C23CC(c4ccccc4)(C2)[C@@H]3C2CCCCC2)OC1(C)C. The zero-order valence-corrected chi connectivity index (χ0v) is 16.9. The Bertz CT molecular complexity index is 667. The van der Waals surface area contributed by atoms with Gasteiger partial charge in [0.2, 0.25) is 0 Å². The fourth-order valence-corrected chi connectivity index (χ4v) is 6.78. The van der Waals surface area contributed by atoms with Crippen LogP contribution in [-0.4, -0.2) is 18.3 Å². The highest BCUT2D eigenvalue weighted by atomic mass is 16.7. The van der Waals surface area contributed by atoms with Crippen LogP contribution in [0.25, 0.3) is 0 Å². The van der Waals surface area contributed by atoms with Crippen LogP contribution in [0, 0.1) is 11.8 Å². The molecule has 4 aliphatic carbocycles. The van der Waals surface area contributed by atoms with Crippen molar-refractivity contribution < 1.29 is 9.31 Å². The van der Waals surface area contributed by atoms with Crippen molar-refractivity contribution in [3.63, 3.8) is 0 Å². The first-order valence-electron chi connectivity index (χ1n) is 10.7. The molecule has 1 aliphatic heterocycles. The van der Waals surface area contributed by atoms with Crippen LogP contribution in [0.3, 0.4) is 0 Å². The molecule has 1 saturated heterocycles. The summed E-state index contributed by atoms with van der Waals surface area (Å²) in [6, 6.07) is 11.3. The quantitative estimate of drug-likeness (QED) is 0.644. The molecule has 1 aromatic carbocycles. The van der Waals surface area contributed by atoms with Gasteiger partial charge in [0.25, 0.3) is 0 Å². The first-order valence-corrected chi connectivity index (χ1v) is 10.7. The zero-order chi connectivity index (χ0) is 18.2. The molecule has 0 radical (unpaired) electrons. The minimum atomic E-state index is -0.218. The molecule has 0 amide bonds. The Morgan fingerprint density at radius 2 is 1.42 bits per heavy atom. The van der Waals surface area contributed by atoms with E-state index in [1.807, 2.05) is 0 Å². The van der Waals surface area contributed by atoms with E-state index < -0.39 is 0 Å². The van der Waals surface area contributed by atoms with Gasteiger partial charge < -0.3 is 9.31 Å². The van der Waals surface area contributed by atoms with E-state index in [2.05, 4.69) is 58.0 Å². The minimum Gasteiger partial charge on any atom is -0.403 e. The molecule has 1 atom stereocenters. The lowest BCUT2D eigenvalue weighted by Gasteiger charge is -2.79. The van der Waals surface area contributed by atoms with Crippen molar-refractivity contribution in [1.82, 2.24) is 0 Å². The molecule has 26 heavy (non-hydrogen) atoms. The van der Waals surface area contributed by atoms with Crippen molar-refractivity contribution in [2.75, 3.05) is 0 Å². The Labute approximate surface area is 159 Å². The molecule has 3 heteroatoms. The Balaban J connectivity index is 1.47. The third-order valence-electron chi connectivity index (χ3n) is 8.70. The summed E-state index contributed by atoms with van der Waals surface area (Å²) in [5, 5.41) is 0.253. The molecule has 0 N–H and O–H groups in total. The summed E-state index contributed by atoms with van der Waals surface area (Å²) in [5.41, 5.74) is 1.52. The van der Waals surface area contributed by atoms with E-state index in [4.69, 9.17) is 9.31 Å². The molecule has 2 nitrogen and oxygen atoms in total. The maximum atomic E-state index is 6.59. The second-order valence-corrected chi connectivity index (χ2v) is 10.6. The van der Waals surface area contributed by atoms with Crippen molar-refractivity contribution in [2.24, 2.45) is 11.8 Å². The molecule has 0 unspecified atom stereocenters. The van der Waals surface area contributed by atoms with Crippen molar-refractivity contribution in [3.8, 4) is 0 Å². The van der Waals surface area contributed by atoms with E-state index in [0.29, 0.717) is 5.41 Å². The van der Waals surface area contributed by atoms with Gasteiger partial charge >= 0.3 is 7.12 Å². The predicted octanol–water partition coefficient (Wildman–Crippen LogP) is 5.76. The summed E-state index contributed by atoms with van der Waals surface area (Å²) < 4.78 is 13.2. The highest BCUT2D eigenvalue weighted by Gasteiger charge is 2.83. The van der Waals surface area contributed by atoms with Crippen LogP contribution in [-0.2, 0) is 14.7 Å². The van der Waals surface area contributed by atoms with Crippen LogP contribution in [0.4, 0.5) is 0 Å². The van der Waals surface area contributed by atoms with Gasteiger partial charge in [-0.05, 0) is 63.4 Å². The average Bonchev–Trinajstić information content (AvgIpc) is 2.75. The van der Waals surface area contributed by atoms with E-state index in [9.17, 15) is 0 Å². The molecular formula is C23H33BO2. The Kier molecular flexibility index (Phi) is 3.58. The van der Waals surface area contributed by atoms with Crippen molar-refractivity contribution in [2.45, 2.75) is 94.6 Å². The first-order chi connectivity index (χ1) is 12.3. The van der Waals surface area contributed by atoms with E-state index in [0.717, 1.165) is 11.8 Å². The Morgan fingerprint density at radius 3 is 2.00 bits per heavy atom. The van der Waals surface area contributed by atoms with Gasteiger partial charge in [-0.2, -0.15) is 0 Å². The summed E-state index contributed by atoms with van der Waals surface area (Å²) in [7, 11) is -0.0231. The molecule has 5 aliphatic rings. The largest absolute Gasteiger partial charge is 0.464 e. The lowest BCUT2D eigenvalue weighted by molar-refractivity contribution is -0.159. The third kappa shape index (κ3) is 2.08. The summed E-state index contributed by atoms with van der Waals surface area (Å²) in [5.74, 6) is 1.60. The van der Waals surface area contributed by atoms with Gasteiger partial charge in [0.15, 0.2) is 0 Å². The smallest absolute Gasteiger partial charge is 0.403 e. The normalized spacial score (nSPS) is 40.8. The number of rotatable bonds is 3. The van der Waals surface area contributed by atoms with Gasteiger partial charge in [0.1, 0.15) is 0 Å². The molecule has 0 spiro atoms. The van der Waals surface area contributed by atoms with Gasteiger partial charge in [-0.25, -0.2) is 0 Å². The van der Waals surface area contributed by atoms with Crippen molar-refractivity contribution in [1.29, 1.82) is 0 Å². The van der Waals surface area contributed by atoms with Crippen molar-refractivity contribution >= 4 is 7.12 Å². The predicted molar refractivity (Wildman–Crippen MR) is 106 cm³/mol. The molecule has 5 fully saturated rings. The number of hydrogen-bond donors (Lipinski definition) is 0. The fourth-order valence-electron chi connectivity index (χ4n) is 6.78. The topological polar surface area (TPSA) is 18.5 Å². The van der Waals surface area contributed by atoms with Crippen LogP contribution in [0.2, 0.25) is 5.31 Å². The number of benzene rings is 1. The summed E-state index contributed by atoms with van der Waals surface area (Å²) in [4.78, 5) is 0. The van der Waals surface area contributed by atoms with Gasteiger partial charge in [-0.15, -0.1) is 0 Å². The van der Waals surface area contributed by atoms with Crippen LogP contribution in [0.15, 0.2) is 30.3 Å². The van der Waals surface area contributed by atoms with Crippen LogP contribution >= 0.6 is 0 Å². The summed E-state index contributed by atoms with van der Waals surface area (Å²) >= 11 is 0. The zero-order valence-electron chi connectivity index (χ0n) is 16.9. The molecule has 6 rings (SSSR count). The first kappa shape index (κ1) is 17.3. The molecule has 1 aromatic rings. The second-order valence-electron chi connectivity index (χ2n) is 10.6. The maximum Gasteiger partial charge on any atom is 0.464 e. The van der Waals surface area contributed by atoms with Gasteiger partial charge in [0.05, 0.1) is 11.2 Å². The van der Waals surface area contributed by atoms with Gasteiger partial charge in [0, 0.05) is 5.31 Å². The summed E-state index contributed by atoms with van der Waals surface area (Å²) in [6.07, 6.45) is 9.55. The standard InChI is InChI=1S/C23H33BO2/c1-20(2)21(3,4)26-24(25-20)23-15-22(16-23,18-13-9-6-10-14-18)19(23)17-11-7-5-8-12-17/h6,9-10,13-14,17,19H,5,7-8,11-12,15-16H2,1-4H3/t19-,22?,23?/m0/s1. The van der Waals surface area contributed by atoms with Gasteiger partial charge in [-0.1, -0.05) is 62.4 Å². The van der Waals surface area contributed by atoms with Crippen LogP contribution in [0.1, 0.15) is 78.2 Å². The van der Waals surface area contributed by atoms with E-state index in [1.165, 1.54) is 44.9 Å². The number of hydrogen-bond acceptors (Lipinski definition) is 2. The molecule has 0 aromatic heterocycles. The average molecular weight is 352 g/mol. The lowest BCUT2D eigenvalue weighted by Crippen LogP contribution is -2.75. The Morgan fingerprint density at radius 1 is 0.846 bits per heavy atom. The van der Waals surface area contributed by atoms with E-state index >= 15 is 0 Å². The maximum absolute atomic E-state index is 6.59. The monoisotopic (exact) mass is 352 g/mol. The van der Waals surface area contributed by atoms with Crippen LogP contribution in [0.5, 0.6) is 0 Å². The molecular weight excluding hydrogens is 319 g/mol. The molecule has 4 saturated carbocycles. The lowest BCUT2D eigenvalue weighted by atomic mass is 9.16. The second kappa shape index (κ2) is 5.38. The van der Waals surface area contributed by atoms with E-state index in [1.54, 1.807) is 5.56 Å². The van der Waals surface area contributed by atoms with Crippen molar-refractivity contribution in [3.05, 3.63) is 35.9 Å². The van der Waals surface area contributed by atoms with Crippen LogP contribution < -0.4 is 0 Å². The Hall–Kier alpha value is -0.795. The highest BCUT2D eigenvalue weighted by molar-refractivity contribution is 6.51. The molecule has 140 valence electrons.